The number of hydrogen-bond donors (Lipinski definition) is 1. The molecule has 1 heterocycles. The van der Waals surface area contributed by atoms with Gasteiger partial charge in [0.2, 0.25) is 5.91 Å². The molecule has 1 aliphatic rings. The average molecular weight is 324 g/mol. The number of piperidine rings is 1. The molecule has 4 nitrogen and oxygen atoms in total. The molecule has 1 unspecified atom stereocenters. The molecule has 126 valence electrons. The Bertz CT molecular complexity index is 655. The Morgan fingerprint density at radius 1 is 1.17 bits per heavy atom. The van der Waals surface area contributed by atoms with Gasteiger partial charge in [0.25, 0.3) is 0 Å². The number of anilines is 1. The summed E-state index contributed by atoms with van der Waals surface area (Å²) in [7, 11) is 2.07. The minimum Gasteiger partial charge on any atom is -0.489 e. The predicted molar refractivity (Wildman–Crippen MR) is 96.1 cm³/mol. The molecule has 0 radical (unpaired) electrons. The minimum absolute atomic E-state index is 0.0813. The molecular weight excluding hydrogens is 300 g/mol. The molecule has 1 saturated heterocycles. The fourth-order valence-corrected chi connectivity index (χ4v) is 3.00. The van der Waals surface area contributed by atoms with Crippen molar-refractivity contribution < 1.29 is 9.53 Å². The Morgan fingerprint density at radius 3 is 2.62 bits per heavy atom. The van der Waals surface area contributed by atoms with Crippen LogP contribution in [0, 0.1) is 5.92 Å². The molecule has 1 atom stereocenters. The summed E-state index contributed by atoms with van der Waals surface area (Å²) in [6.45, 7) is 2.46. The van der Waals surface area contributed by atoms with Crippen LogP contribution in [0.25, 0.3) is 0 Å². The number of carbonyl (C=O) groups excluding carboxylic acids is 1. The second-order valence-electron chi connectivity index (χ2n) is 6.39. The lowest BCUT2D eigenvalue weighted by Crippen LogP contribution is -2.38. The highest BCUT2D eigenvalue weighted by molar-refractivity contribution is 5.92. The quantitative estimate of drug-likeness (QED) is 0.914. The molecule has 0 saturated carbocycles. The van der Waals surface area contributed by atoms with Gasteiger partial charge in [-0.05, 0) is 56.3 Å². The lowest BCUT2D eigenvalue weighted by atomic mass is 9.97. The first-order chi connectivity index (χ1) is 11.7. The van der Waals surface area contributed by atoms with Crippen molar-refractivity contribution in [2.75, 3.05) is 25.5 Å². The zero-order chi connectivity index (χ0) is 16.8. The van der Waals surface area contributed by atoms with E-state index in [0.29, 0.717) is 6.61 Å². The molecule has 1 fully saturated rings. The number of rotatable bonds is 5. The van der Waals surface area contributed by atoms with Gasteiger partial charge in [0, 0.05) is 12.2 Å². The molecule has 1 N–H and O–H groups in total. The number of amides is 1. The number of carbonyl (C=O) groups is 1. The normalized spacial score (nSPS) is 18.1. The van der Waals surface area contributed by atoms with Crippen molar-refractivity contribution in [1.82, 2.24) is 4.90 Å². The Hall–Kier alpha value is -2.33. The zero-order valence-corrected chi connectivity index (χ0v) is 14.1. The van der Waals surface area contributed by atoms with Crippen molar-refractivity contribution in [2.45, 2.75) is 19.4 Å². The van der Waals surface area contributed by atoms with Crippen LogP contribution in [0.4, 0.5) is 5.69 Å². The van der Waals surface area contributed by atoms with Crippen LogP contribution in [0.3, 0.4) is 0 Å². The molecule has 0 aromatic heterocycles. The maximum atomic E-state index is 12.3. The molecule has 4 heteroatoms. The third-order valence-electron chi connectivity index (χ3n) is 4.37. The summed E-state index contributed by atoms with van der Waals surface area (Å²) in [5, 5.41) is 3.01. The lowest BCUT2D eigenvalue weighted by molar-refractivity contribution is -0.121. The predicted octanol–water partition coefficient (Wildman–Crippen LogP) is 3.55. The van der Waals surface area contributed by atoms with Crippen LogP contribution in [-0.2, 0) is 11.4 Å². The first-order valence-corrected chi connectivity index (χ1v) is 8.47. The van der Waals surface area contributed by atoms with Crippen LogP contribution < -0.4 is 10.1 Å². The van der Waals surface area contributed by atoms with Gasteiger partial charge in [-0.2, -0.15) is 0 Å². The van der Waals surface area contributed by atoms with Gasteiger partial charge in [-0.15, -0.1) is 0 Å². The van der Waals surface area contributed by atoms with E-state index in [4.69, 9.17) is 4.74 Å². The average Bonchev–Trinajstić information content (AvgIpc) is 2.62. The van der Waals surface area contributed by atoms with E-state index in [9.17, 15) is 4.79 Å². The van der Waals surface area contributed by atoms with Crippen LogP contribution in [0.1, 0.15) is 18.4 Å². The minimum atomic E-state index is 0.0813. The number of hydrogen-bond acceptors (Lipinski definition) is 3. The summed E-state index contributed by atoms with van der Waals surface area (Å²) < 4.78 is 5.76. The number of nitrogens with one attached hydrogen (secondary N) is 1. The van der Waals surface area contributed by atoms with E-state index in [2.05, 4.69) is 17.3 Å². The first-order valence-electron chi connectivity index (χ1n) is 8.47. The van der Waals surface area contributed by atoms with Crippen molar-refractivity contribution >= 4 is 11.6 Å². The van der Waals surface area contributed by atoms with Crippen molar-refractivity contribution in [3.63, 3.8) is 0 Å². The first kappa shape index (κ1) is 16.5. The summed E-state index contributed by atoms with van der Waals surface area (Å²) in [5.74, 6) is 0.992. The van der Waals surface area contributed by atoms with Crippen LogP contribution in [0.15, 0.2) is 54.6 Å². The second kappa shape index (κ2) is 7.97. The molecule has 1 amide bonds. The number of benzene rings is 2. The van der Waals surface area contributed by atoms with Crippen molar-refractivity contribution in [1.29, 1.82) is 0 Å². The summed E-state index contributed by atoms with van der Waals surface area (Å²) in [6.07, 6.45) is 2.05. The molecule has 2 aromatic carbocycles. The highest BCUT2D eigenvalue weighted by atomic mass is 16.5. The van der Waals surface area contributed by atoms with Gasteiger partial charge in [-0.25, -0.2) is 0 Å². The van der Waals surface area contributed by atoms with E-state index in [1.807, 2.05) is 54.6 Å². The number of nitrogens with zero attached hydrogens (tertiary/aromatic N) is 1. The Morgan fingerprint density at radius 2 is 1.92 bits per heavy atom. The van der Waals surface area contributed by atoms with Gasteiger partial charge in [-0.3, -0.25) is 4.79 Å². The third-order valence-corrected chi connectivity index (χ3v) is 4.37. The Kier molecular flexibility index (Phi) is 5.49. The lowest BCUT2D eigenvalue weighted by Gasteiger charge is -2.28. The number of likely N-dealkylation sites (tertiary alicyclic amines) is 1. The fourth-order valence-electron chi connectivity index (χ4n) is 3.00. The van der Waals surface area contributed by atoms with Crippen molar-refractivity contribution in [3.05, 3.63) is 60.2 Å². The van der Waals surface area contributed by atoms with Gasteiger partial charge in [0.05, 0.1) is 5.92 Å². The van der Waals surface area contributed by atoms with E-state index in [-0.39, 0.29) is 11.8 Å². The van der Waals surface area contributed by atoms with Crippen LogP contribution >= 0.6 is 0 Å². The molecular formula is C20H24N2O2. The summed E-state index contributed by atoms with van der Waals surface area (Å²) in [6, 6.07) is 17.6. The highest BCUT2D eigenvalue weighted by Gasteiger charge is 2.23. The Labute approximate surface area is 143 Å². The molecule has 0 aliphatic carbocycles. The zero-order valence-electron chi connectivity index (χ0n) is 14.1. The molecule has 0 spiro atoms. The van der Waals surface area contributed by atoms with E-state index < -0.39 is 0 Å². The highest BCUT2D eigenvalue weighted by Crippen LogP contribution is 2.20. The van der Waals surface area contributed by atoms with Crippen LogP contribution in [0.2, 0.25) is 0 Å². The van der Waals surface area contributed by atoms with Gasteiger partial charge in [0.1, 0.15) is 12.4 Å². The maximum Gasteiger partial charge on any atom is 0.228 e. The molecule has 2 aromatic rings. The fraction of sp³-hybridized carbons (Fsp3) is 0.350. The SMILES string of the molecule is CN1CCCC(C(=O)Nc2ccc(OCc3ccccc3)cc2)C1. The largest absolute Gasteiger partial charge is 0.489 e. The van der Waals surface area contributed by atoms with E-state index in [1.54, 1.807) is 0 Å². The monoisotopic (exact) mass is 324 g/mol. The topological polar surface area (TPSA) is 41.6 Å². The van der Waals surface area contributed by atoms with E-state index in [1.165, 1.54) is 0 Å². The summed E-state index contributed by atoms with van der Waals surface area (Å²) >= 11 is 0. The molecule has 0 bridgehead atoms. The van der Waals surface area contributed by atoms with Crippen molar-refractivity contribution in [2.24, 2.45) is 5.92 Å². The standard InChI is InChI=1S/C20H24N2O2/c1-22-13-5-8-17(14-22)20(23)21-18-9-11-19(12-10-18)24-15-16-6-3-2-4-7-16/h2-4,6-7,9-12,17H,5,8,13-15H2,1H3,(H,21,23). The molecule has 24 heavy (non-hydrogen) atoms. The van der Waals surface area contributed by atoms with E-state index in [0.717, 1.165) is 42.9 Å². The Balaban J connectivity index is 1.51. The maximum absolute atomic E-state index is 12.3. The van der Waals surface area contributed by atoms with Crippen LogP contribution in [0.5, 0.6) is 5.75 Å². The number of ether oxygens (including phenoxy) is 1. The molecule has 3 rings (SSSR count). The van der Waals surface area contributed by atoms with Gasteiger partial charge in [-0.1, -0.05) is 30.3 Å². The smallest absolute Gasteiger partial charge is 0.228 e. The van der Waals surface area contributed by atoms with Gasteiger partial charge < -0.3 is 15.0 Å². The summed E-state index contributed by atoms with van der Waals surface area (Å²) in [4.78, 5) is 14.6. The van der Waals surface area contributed by atoms with Gasteiger partial charge in [0.15, 0.2) is 0 Å². The second-order valence-corrected chi connectivity index (χ2v) is 6.39. The van der Waals surface area contributed by atoms with E-state index >= 15 is 0 Å². The third kappa shape index (κ3) is 4.59. The summed E-state index contributed by atoms with van der Waals surface area (Å²) in [5.41, 5.74) is 1.96. The van der Waals surface area contributed by atoms with Crippen LogP contribution in [-0.4, -0.2) is 30.9 Å². The van der Waals surface area contributed by atoms with Crippen molar-refractivity contribution in [3.8, 4) is 5.75 Å². The van der Waals surface area contributed by atoms with Gasteiger partial charge >= 0.3 is 0 Å². The molecule has 1 aliphatic heterocycles.